The van der Waals surface area contributed by atoms with Crippen molar-refractivity contribution in [3.8, 4) is 11.5 Å². The third-order valence-electron chi connectivity index (χ3n) is 3.61. The van der Waals surface area contributed by atoms with Crippen LogP contribution >= 0.6 is 0 Å². The van der Waals surface area contributed by atoms with E-state index in [0.29, 0.717) is 30.0 Å². The lowest BCUT2D eigenvalue weighted by Crippen LogP contribution is -2.23. The number of pyridine rings is 1. The maximum Gasteiger partial charge on any atom is 0.335 e. The van der Waals surface area contributed by atoms with Crippen LogP contribution < -0.4 is 14.8 Å². The molecular weight excluding hydrogens is 312 g/mol. The number of aromatic nitrogens is 1. The summed E-state index contributed by atoms with van der Waals surface area (Å²) >= 11 is 0. The van der Waals surface area contributed by atoms with Crippen LogP contribution in [-0.2, 0) is 17.8 Å². The summed E-state index contributed by atoms with van der Waals surface area (Å²) in [6.45, 7) is 0.419. The Balaban J connectivity index is 1.49. The average molecular weight is 328 g/mol. The van der Waals surface area contributed by atoms with E-state index in [0.717, 1.165) is 5.56 Å². The molecule has 0 spiro atoms. The van der Waals surface area contributed by atoms with Gasteiger partial charge in [-0.3, -0.25) is 9.78 Å². The fraction of sp³-hybridized carbons (Fsp3) is 0.235. The first-order chi connectivity index (χ1) is 11.6. The van der Waals surface area contributed by atoms with Crippen molar-refractivity contribution in [1.29, 1.82) is 0 Å². The summed E-state index contributed by atoms with van der Waals surface area (Å²) in [7, 11) is 0. The predicted molar refractivity (Wildman–Crippen MR) is 83.9 cm³/mol. The van der Waals surface area contributed by atoms with E-state index in [2.05, 4.69) is 10.3 Å². The van der Waals surface area contributed by atoms with Crippen LogP contribution in [0.15, 0.2) is 36.5 Å². The highest BCUT2D eigenvalue weighted by Crippen LogP contribution is 2.32. The number of carboxylic acids is 1. The highest BCUT2D eigenvalue weighted by atomic mass is 16.7. The zero-order valence-corrected chi connectivity index (χ0v) is 12.8. The van der Waals surface area contributed by atoms with E-state index in [-0.39, 0.29) is 24.8 Å². The number of benzene rings is 1. The molecule has 0 atom stereocenters. The minimum Gasteiger partial charge on any atom is -0.478 e. The van der Waals surface area contributed by atoms with Gasteiger partial charge >= 0.3 is 5.97 Å². The standard InChI is InChI=1S/C17H16N2O5/c20-16(19-9-13-8-12(17(21)22)5-6-18-13)4-2-11-1-3-14-15(7-11)24-10-23-14/h1,3,5-8H,2,4,9-10H2,(H,19,20)(H,21,22). The summed E-state index contributed by atoms with van der Waals surface area (Å²) in [6.07, 6.45) is 2.31. The molecule has 7 heteroatoms. The van der Waals surface area contributed by atoms with E-state index in [4.69, 9.17) is 14.6 Å². The molecule has 1 aliphatic heterocycles. The smallest absolute Gasteiger partial charge is 0.335 e. The summed E-state index contributed by atoms with van der Waals surface area (Å²) in [5.74, 6) is 0.262. The summed E-state index contributed by atoms with van der Waals surface area (Å²) in [6, 6.07) is 8.46. The number of hydrogen-bond acceptors (Lipinski definition) is 5. The number of nitrogens with one attached hydrogen (secondary N) is 1. The summed E-state index contributed by atoms with van der Waals surface area (Å²) < 4.78 is 10.5. The molecule has 24 heavy (non-hydrogen) atoms. The molecule has 1 amide bonds. The van der Waals surface area contributed by atoms with E-state index in [1.807, 2.05) is 18.2 Å². The van der Waals surface area contributed by atoms with E-state index >= 15 is 0 Å². The molecule has 124 valence electrons. The molecule has 0 unspecified atom stereocenters. The Morgan fingerprint density at radius 2 is 2.00 bits per heavy atom. The van der Waals surface area contributed by atoms with Gasteiger partial charge in [-0.15, -0.1) is 0 Å². The zero-order valence-electron chi connectivity index (χ0n) is 12.8. The highest BCUT2D eigenvalue weighted by Gasteiger charge is 2.13. The zero-order chi connectivity index (χ0) is 16.9. The molecule has 1 aromatic carbocycles. The third-order valence-corrected chi connectivity index (χ3v) is 3.61. The van der Waals surface area contributed by atoms with Gasteiger partial charge < -0.3 is 19.9 Å². The molecule has 0 aliphatic carbocycles. The second-order valence-corrected chi connectivity index (χ2v) is 5.31. The van der Waals surface area contributed by atoms with Crippen molar-refractivity contribution in [2.45, 2.75) is 19.4 Å². The molecule has 0 saturated heterocycles. The van der Waals surface area contributed by atoms with Crippen LogP contribution in [0.2, 0.25) is 0 Å². The Hall–Kier alpha value is -3.09. The van der Waals surface area contributed by atoms with E-state index < -0.39 is 5.97 Å². The van der Waals surface area contributed by atoms with Crippen LogP contribution in [-0.4, -0.2) is 28.8 Å². The van der Waals surface area contributed by atoms with Gasteiger partial charge in [0.15, 0.2) is 11.5 Å². The van der Waals surface area contributed by atoms with Crippen LogP contribution in [0.4, 0.5) is 0 Å². The third kappa shape index (κ3) is 3.81. The first-order valence-corrected chi connectivity index (χ1v) is 7.45. The van der Waals surface area contributed by atoms with Crippen LogP contribution in [0.3, 0.4) is 0 Å². The average Bonchev–Trinajstić information content (AvgIpc) is 3.06. The number of rotatable bonds is 6. The number of carboxylic acid groups (broad SMARTS) is 1. The number of aromatic carboxylic acids is 1. The second kappa shape index (κ2) is 6.99. The normalized spacial score (nSPS) is 12.0. The Kier molecular flexibility index (Phi) is 4.60. The number of carbonyl (C=O) groups excluding carboxylic acids is 1. The summed E-state index contributed by atoms with van der Waals surface area (Å²) in [5.41, 5.74) is 1.64. The molecule has 2 N–H and O–H groups in total. The Bertz CT molecular complexity index is 775. The largest absolute Gasteiger partial charge is 0.478 e. The molecule has 0 bridgehead atoms. The topological polar surface area (TPSA) is 97.8 Å². The Morgan fingerprint density at radius 3 is 2.83 bits per heavy atom. The first kappa shape index (κ1) is 15.8. The van der Waals surface area contributed by atoms with Crippen molar-refractivity contribution in [3.05, 3.63) is 53.3 Å². The molecule has 7 nitrogen and oxygen atoms in total. The summed E-state index contributed by atoms with van der Waals surface area (Å²) in [5, 5.41) is 11.7. The number of carbonyl (C=O) groups is 2. The van der Waals surface area contributed by atoms with Crippen molar-refractivity contribution < 1.29 is 24.2 Å². The quantitative estimate of drug-likeness (QED) is 0.838. The van der Waals surface area contributed by atoms with Gasteiger partial charge in [-0.05, 0) is 36.2 Å². The second-order valence-electron chi connectivity index (χ2n) is 5.31. The lowest BCUT2D eigenvalue weighted by atomic mass is 10.1. The number of fused-ring (bicyclic) bond motifs is 1. The van der Waals surface area contributed by atoms with Crippen molar-refractivity contribution >= 4 is 11.9 Å². The van der Waals surface area contributed by atoms with E-state index in [9.17, 15) is 9.59 Å². The van der Waals surface area contributed by atoms with Crippen LogP contribution in [0.25, 0.3) is 0 Å². The molecule has 0 radical (unpaired) electrons. The van der Waals surface area contributed by atoms with Gasteiger partial charge in [-0.2, -0.15) is 0 Å². The lowest BCUT2D eigenvalue weighted by Gasteiger charge is -2.06. The monoisotopic (exact) mass is 328 g/mol. The van der Waals surface area contributed by atoms with Crippen molar-refractivity contribution in [2.24, 2.45) is 0 Å². The molecule has 2 heterocycles. The fourth-order valence-corrected chi connectivity index (χ4v) is 2.34. The number of nitrogens with zero attached hydrogens (tertiary/aromatic N) is 1. The molecule has 3 rings (SSSR count). The molecular formula is C17H16N2O5. The van der Waals surface area contributed by atoms with Gasteiger partial charge in [0, 0.05) is 12.6 Å². The number of aryl methyl sites for hydroxylation is 1. The van der Waals surface area contributed by atoms with Crippen LogP contribution in [0.1, 0.15) is 28.0 Å². The van der Waals surface area contributed by atoms with E-state index in [1.54, 1.807) is 0 Å². The number of hydrogen-bond donors (Lipinski definition) is 2. The van der Waals surface area contributed by atoms with Gasteiger partial charge in [0.25, 0.3) is 0 Å². The molecule has 1 aliphatic rings. The predicted octanol–water partition coefficient (Wildman–Crippen LogP) is 1.76. The molecule has 2 aromatic rings. The van der Waals surface area contributed by atoms with Gasteiger partial charge in [-0.25, -0.2) is 4.79 Å². The maximum absolute atomic E-state index is 11.9. The van der Waals surface area contributed by atoms with Crippen LogP contribution in [0, 0.1) is 0 Å². The lowest BCUT2D eigenvalue weighted by molar-refractivity contribution is -0.121. The fourth-order valence-electron chi connectivity index (χ4n) is 2.34. The minimum atomic E-state index is -1.02. The van der Waals surface area contributed by atoms with Crippen LogP contribution in [0.5, 0.6) is 11.5 Å². The maximum atomic E-state index is 11.9. The highest BCUT2D eigenvalue weighted by molar-refractivity contribution is 5.87. The Morgan fingerprint density at radius 1 is 1.17 bits per heavy atom. The van der Waals surface area contributed by atoms with Gasteiger partial charge in [-0.1, -0.05) is 6.07 Å². The van der Waals surface area contributed by atoms with Crippen molar-refractivity contribution in [3.63, 3.8) is 0 Å². The van der Waals surface area contributed by atoms with Gasteiger partial charge in [0.2, 0.25) is 12.7 Å². The van der Waals surface area contributed by atoms with Gasteiger partial charge in [0.05, 0.1) is 17.8 Å². The first-order valence-electron chi connectivity index (χ1n) is 7.45. The van der Waals surface area contributed by atoms with Crippen molar-refractivity contribution in [1.82, 2.24) is 10.3 Å². The minimum absolute atomic E-state index is 0.129. The van der Waals surface area contributed by atoms with E-state index in [1.165, 1.54) is 18.3 Å². The van der Waals surface area contributed by atoms with Crippen molar-refractivity contribution in [2.75, 3.05) is 6.79 Å². The molecule has 1 aromatic heterocycles. The molecule has 0 fully saturated rings. The van der Waals surface area contributed by atoms with Gasteiger partial charge in [0.1, 0.15) is 0 Å². The number of ether oxygens (including phenoxy) is 2. The SMILES string of the molecule is O=C(CCc1ccc2c(c1)OCO2)NCc1cc(C(=O)O)ccn1. The Labute approximate surface area is 138 Å². The number of amides is 1. The summed E-state index contributed by atoms with van der Waals surface area (Å²) in [4.78, 5) is 26.9. The molecule has 0 saturated carbocycles.